The van der Waals surface area contributed by atoms with Gasteiger partial charge in [0.05, 0.1) is 19.5 Å². The number of thioether (sulfide) groups is 1. The number of carbonyl (C=O) groups is 3. The summed E-state index contributed by atoms with van der Waals surface area (Å²) in [6.45, 7) is 2.77. The van der Waals surface area contributed by atoms with Gasteiger partial charge in [0.25, 0.3) is 11.8 Å². The normalized spacial score (nSPS) is 12.8. The van der Waals surface area contributed by atoms with E-state index in [-0.39, 0.29) is 11.6 Å². The lowest BCUT2D eigenvalue weighted by molar-refractivity contribution is -0.115. The van der Waals surface area contributed by atoms with Crippen LogP contribution in [0, 0.1) is 0 Å². The molecular formula is C35H33N3O7S. The molecule has 1 atom stereocenters. The van der Waals surface area contributed by atoms with E-state index in [1.807, 2.05) is 19.1 Å². The van der Waals surface area contributed by atoms with Crippen molar-refractivity contribution < 1.29 is 33.3 Å². The van der Waals surface area contributed by atoms with Crippen molar-refractivity contribution in [3.05, 3.63) is 108 Å². The van der Waals surface area contributed by atoms with Gasteiger partial charge in [0.15, 0.2) is 11.5 Å². The molecular weight excluding hydrogens is 606 g/mol. The number of hydrogen-bond acceptors (Lipinski definition) is 8. The third-order valence-electron chi connectivity index (χ3n) is 6.87. The molecule has 3 amide bonds. The Kier molecular flexibility index (Phi) is 10.5. The van der Waals surface area contributed by atoms with Gasteiger partial charge in [0, 0.05) is 39.5 Å². The van der Waals surface area contributed by atoms with Crippen molar-refractivity contribution in [3.8, 4) is 23.0 Å². The highest BCUT2D eigenvalue weighted by atomic mass is 32.2. The number of fused-ring (bicyclic) bond motifs is 1. The summed E-state index contributed by atoms with van der Waals surface area (Å²) in [6.07, 6.45) is 1.54. The summed E-state index contributed by atoms with van der Waals surface area (Å²) >= 11 is 1.38. The summed E-state index contributed by atoms with van der Waals surface area (Å²) in [5.41, 5.74) is 2.10. The molecule has 0 aromatic heterocycles. The molecule has 5 rings (SSSR count). The number of anilines is 2. The van der Waals surface area contributed by atoms with Gasteiger partial charge in [-0.2, -0.15) is 0 Å². The first-order valence-corrected chi connectivity index (χ1v) is 15.3. The van der Waals surface area contributed by atoms with E-state index in [4.69, 9.17) is 18.9 Å². The zero-order chi connectivity index (χ0) is 32.5. The van der Waals surface area contributed by atoms with Crippen LogP contribution in [-0.2, 0) is 9.59 Å². The van der Waals surface area contributed by atoms with Crippen molar-refractivity contribution >= 4 is 46.9 Å². The molecule has 236 valence electrons. The predicted octanol–water partition coefficient (Wildman–Crippen LogP) is 6.00. The Hall–Kier alpha value is -5.42. The lowest BCUT2D eigenvalue weighted by Crippen LogP contribution is -2.30. The Bertz CT molecular complexity index is 1740. The van der Waals surface area contributed by atoms with Gasteiger partial charge in [-0.25, -0.2) is 0 Å². The minimum absolute atomic E-state index is 0.0141. The van der Waals surface area contributed by atoms with Crippen molar-refractivity contribution in [3.63, 3.8) is 0 Å². The van der Waals surface area contributed by atoms with E-state index in [0.29, 0.717) is 58.7 Å². The number of methoxy groups -OCH3 is 2. The molecule has 1 aliphatic heterocycles. The van der Waals surface area contributed by atoms with E-state index in [2.05, 4.69) is 16.0 Å². The largest absolute Gasteiger partial charge is 0.497 e. The molecule has 1 heterocycles. The topological polar surface area (TPSA) is 124 Å². The lowest BCUT2D eigenvalue weighted by atomic mass is 10.1. The molecule has 1 unspecified atom stereocenters. The minimum atomic E-state index is -0.533. The number of ether oxygens (including phenoxy) is 4. The molecule has 0 fully saturated rings. The van der Waals surface area contributed by atoms with Crippen molar-refractivity contribution in [2.75, 3.05) is 38.1 Å². The Labute approximate surface area is 271 Å². The summed E-state index contributed by atoms with van der Waals surface area (Å²) in [5, 5.41) is 8.08. The molecule has 0 saturated carbocycles. The van der Waals surface area contributed by atoms with Crippen LogP contribution in [0.4, 0.5) is 11.4 Å². The fraction of sp³-hybridized carbons (Fsp3) is 0.171. The monoisotopic (exact) mass is 639 g/mol. The molecule has 0 saturated heterocycles. The van der Waals surface area contributed by atoms with E-state index in [9.17, 15) is 14.4 Å². The van der Waals surface area contributed by atoms with Crippen LogP contribution < -0.4 is 34.9 Å². The maximum Gasteiger partial charge on any atom is 0.272 e. The second-order valence-corrected chi connectivity index (χ2v) is 11.5. The number of nitrogens with one attached hydrogen (secondary N) is 3. The van der Waals surface area contributed by atoms with Gasteiger partial charge < -0.3 is 34.9 Å². The summed E-state index contributed by atoms with van der Waals surface area (Å²) in [4.78, 5) is 40.2. The number of amides is 3. The lowest BCUT2D eigenvalue weighted by Gasteiger charge is -2.19. The first-order valence-electron chi connectivity index (χ1n) is 14.4. The highest BCUT2D eigenvalue weighted by Gasteiger charge is 2.19. The molecule has 1 aliphatic rings. The average molecular weight is 640 g/mol. The van der Waals surface area contributed by atoms with Gasteiger partial charge in [-0.15, -0.1) is 11.8 Å². The zero-order valence-corrected chi connectivity index (χ0v) is 26.3. The van der Waals surface area contributed by atoms with Crippen LogP contribution in [0.1, 0.15) is 22.8 Å². The standard InChI is InChI=1S/C35H33N3O7S/c1-22(33(39)37-26-12-16-30-32(20-26)45-18-17-44-30)46-28-14-10-25(11-15-28)36-35(41)29(38-34(40)23-7-5-4-6-8-23)19-24-9-13-27(42-2)21-31(24)43-3/h4-16,19-22H,17-18H2,1-3H3,(H,36,41)(H,37,39)(H,38,40)/b29-19-. The Morgan fingerprint density at radius 1 is 0.804 bits per heavy atom. The van der Waals surface area contributed by atoms with Gasteiger partial charge in [0.1, 0.15) is 30.4 Å². The second kappa shape index (κ2) is 15.0. The fourth-order valence-corrected chi connectivity index (χ4v) is 5.34. The molecule has 4 aromatic rings. The highest BCUT2D eigenvalue weighted by Crippen LogP contribution is 2.33. The molecule has 10 nitrogen and oxygen atoms in total. The fourth-order valence-electron chi connectivity index (χ4n) is 4.47. The van der Waals surface area contributed by atoms with Crippen molar-refractivity contribution in [2.45, 2.75) is 17.1 Å². The Morgan fingerprint density at radius 2 is 1.52 bits per heavy atom. The maximum absolute atomic E-state index is 13.5. The van der Waals surface area contributed by atoms with E-state index in [1.54, 1.807) is 92.0 Å². The number of carbonyl (C=O) groups excluding carboxylic acids is 3. The number of rotatable bonds is 11. The van der Waals surface area contributed by atoms with Crippen molar-refractivity contribution in [1.82, 2.24) is 5.32 Å². The van der Waals surface area contributed by atoms with Gasteiger partial charge in [-0.3, -0.25) is 14.4 Å². The van der Waals surface area contributed by atoms with Crippen LogP contribution in [0.5, 0.6) is 23.0 Å². The van der Waals surface area contributed by atoms with Crippen LogP contribution in [-0.4, -0.2) is 50.4 Å². The first kappa shape index (κ1) is 32.0. The molecule has 3 N–H and O–H groups in total. The summed E-state index contributed by atoms with van der Waals surface area (Å²) in [7, 11) is 3.06. The predicted molar refractivity (Wildman–Crippen MR) is 178 cm³/mol. The third-order valence-corrected chi connectivity index (χ3v) is 7.99. The van der Waals surface area contributed by atoms with E-state index < -0.39 is 17.1 Å². The highest BCUT2D eigenvalue weighted by molar-refractivity contribution is 8.00. The molecule has 0 aliphatic carbocycles. The van der Waals surface area contributed by atoms with Crippen LogP contribution in [0.3, 0.4) is 0 Å². The smallest absolute Gasteiger partial charge is 0.272 e. The summed E-state index contributed by atoms with van der Waals surface area (Å²) in [6, 6.07) is 26.1. The third kappa shape index (κ3) is 8.19. The van der Waals surface area contributed by atoms with E-state index in [1.165, 1.54) is 18.9 Å². The Balaban J connectivity index is 1.26. The van der Waals surface area contributed by atoms with Crippen LogP contribution in [0.25, 0.3) is 6.08 Å². The van der Waals surface area contributed by atoms with Crippen LogP contribution >= 0.6 is 11.8 Å². The van der Waals surface area contributed by atoms with Gasteiger partial charge in [-0.05, 0) is 73.7 Å². The van der Waals surface area contributed by atoms with Crippen molar-refractivity contribution in [1.29, 1.82) is 0 Å². The molecule has 4 aromatic carbocycles. The minimum Gasteiger partial charge on any atom is -0.497 e. The molecule has 0 bridgehead atoms. The van der Waals surface area contributed by atoms with E-state index in [0.717, 1.165) is 4.90 Å². The molecule has 0 spiro atoms. The quantitative estimate of drug-likeness (QED) is 0.135. The second-order valence-electron chi connectivity index (χ2n) is 10.1. The van der Waals surface area contributed by atoms with Crippen LogP contribution in [0.15, 0.2) is 102 Å². The zero-order valence-electron chi connectivity index (χ0n) is 25.5. The van der Waals surface area contributed by atoms with E-state index >= 15 is 0 Å². The van der Waals surface area contributed by atoms with Crippen LogP contribution in [0.2, 0.25) is 0 Å². The summed E-state index contributed by atoms with van der Waals surface area (Å²) in [5.74, 6) is 1.16. The SMILES string of the molecule is COc1ccc(/C=C(\NC(=O)c2ccccc2)C(=O)Nc2ccc(SC(C)C(=O)Nc3ccc4c(c3)OCCO4)cc2)c(OC)c1. The van der Waals surface area contributed by atoms with Gasteiger partial charge in [0.2, 0.25) is 5.91 Å². The average Bonchev–Trinajstić information content (AvgIpc) is 3.09. The molecule has 11 heteroatoms. The maximum atomic E-state index is 13.5. The summed E-state index contributed by atoms with van der Waals surface area (Å²) < 4.78 is 21.9. The Morgan fingerprint density at radius 3 is 2.24 bits per heavy atom. The number of benzene rings is 4. The van der Waals surface area contributed by atoms with Gasteiger partial charge in [-0.1, -0.05) is 18.2 Å². The van der Waals surface area contributed by atoms with Gasteiger partial charge >= 0.3 is 0 Å². The molecule has 46 heavy (non-hydrogen) atoms. The van der Waals surface area contributed by atoms with Crippen molar-refractivity contribution in [2.24, 2.45) is 0 Å². The number of hydrogen-bond donors (Lipinski definition) is 3. The molecule has 0 radical (unpaired) electrons. The first-order chi connectivity index (χ1) is 22.3.